The SMILES string of the molecule is CSC1CCC(NC(=O)C2(C(N)=S)CCCCC2)C1. The van der Waals surface area contributed by atoms with Crippen LogP contribution in [0.3, 0.4) is 0 Å². The van der Waals surface area contributed by atoms with Crippen LogP contribution in [0.2, 0.25) is 0 Å². The van der Waals surface area contributed by atoms with Crippen LogP contribution in [0, 0.1) is 5.41 Å². The van der Waals surface area contributed by atoms with Gasteiger partial charge in [-0.15, -0.1) is 0 Å². The van der Waals surface area contributed by atoms with Crippen LogP contribution in [0.4, 0.5) is 0 Å². The van der Waals surface area contributed by atoms with Gasteiger partial charge in [0.1, 0.15) is 0 Å². The molecule has 0 radical (unpaired) electrons. The van der Waals surface area contributed by atoms with Crippen molar-refractivity contribution in [3.63, 3.8) is 0 Å². The van der Waals surface area contributed by atoms with Crippen LogP contribution < -0.4 is 11.1 Å². The van der Waals surface area contributed by atoms with E-state index in [1.807, 2.05) is 11.8 Å². The van der Waals surface area contributed by atoms with E-state index in [2.05, 4.69) is 11.6 Å². The fraction of sp³-hybridized carbons (Fsp3) is 0.857. The highest BCUT2D eigenvalue weighted by Crippen LogP contribution is 2.38. The fourth-order valence-corrected chi connectivity index (χ4v) is 4.44. The third kappa shape index (κ3) is 3.24. The van der Waals surface area contributed by atoms with Crippen LogP contribution in [-0.2, 0) is 4.79 Å². The van der Waals surface area contributed by atoms with Gasteiger partial charge < -0.3 is 11.1 Å². The maximum absolute atomic E-state index is 12.6. The molecule has 0 saturated heterocycles. The molecule has 0 aromatic rings. The summed E-state index contributed by atoms with van der Waals surface area (Å²) < 4.78 is 0. The Hall–Kier alpha value is -0.290. The number of hydrogen-bond donors (Lipinski definition) is 2. The van der Waals surface area contributed by atoms with Crippen LogP contribution in [-0.4, -0.2) is 28.4 Å². The van der Waals surface area contributed by atoms with Crippen molar-refractivity contribution >= 4 is 34.9 Å². The lowest BCUT2D eigenvalue weighted by Gasteiger charge is -2.35. The van der Waals surface area contributed by atoms with Gasteiger partial charge in [-0.3, -0.25) is 4.79 Å². The van der Waals surface area contributed by atoms with Crippen molar-refractivity contribution in [1.29, 1.82) is 0 Å². The third-order valence-corrected chi connectivity index (χ3v) is 6.15. The van der Waals surface area contributed by atoms with Crippen molar-refractivity contribution in [3.05, 3.63) is 0 Å². The van der Waals surface area contributed by atoms with Gasteiger partial charge in [0.25, 0.3) is 0 Å². The molecule has 0 heterocycles. The molecule has 0 aromatic heterocycles. The first-order valence-corrected chi connectivity index (χ1v) is 8.92. The molecular formula is C14H24N2OS2. The minimum absolute atomic E-state index is 0.0893. The van der Waals surface area contributed by atoms with E-state index in [1.54, 1.807) is 0 Å². The summed E-state index contributed by atoms with van der Waals surface area (Å²) in [6.07, 6.45) is 10.5. The summed E-state index contributed by atoms with van der Waals surface area (Å²) in [4.78, 5) is 13.0. The molecule has 19 heavy (non-hydrogen) atoms. The Labute approximate surface area is 125 Å². The number of hydrogen-bond acceptors (Lipinski definition) is 3. The lowest BCUT2D eigenvalue weighted by atomic mass is 9.73. The molecule has 5 heteroatoms. The van der Waals surface area contributed by atoms with Crippen LogP contribution >= 0.6 is 24.0 Å². The maximum Gasteiger partial charge on any atom is 0.233 e. The van der Waals surface area contributed by atoms with Gasteiger partial charge in [0.05, 0.1) is 10.4 Å². The Morgan fingerprint density at radius 2 is 2.00 bits per heavy atom. The summed E-state index contributed by atoms with van der Waals surface area (Å²) in [6.45, 7) is 0. The lowest BCUT2D eigenvalue weighted by molar-refractivity contribution is -0.129. The lowest BCUT2D eigenvalue weighted by Crippen LogP contribution is -2.52. The summed E-state index contributed by atoms with van der Waals surface area (Å²) in [7, 11) is 0. The van der Waals surface area contributed by atoms with Crippen molar-refractivity contribution in [3.8, 4) is 0 Å². The molecule has 2 saturated carbocycles. The van der Waals surface area contributed by atoms with E-state index in [0.29, 0.717) is 16.3 Å². The Balaban J connectivity index is 1.98. The number of amides is 1. The summed E-state index contributed by atoms with van der Waals surface area (Å²) in [5, 5.41) is 3.91. The molecule has 108 valence electrons. The van der Waals surface area contributed by atoms with E-state index in [0.717, 1.165) is 38.5 Å². The average Bonchev–Trinajstić information content (AvgIpc) is 2.87. The molecule has 2 atom stereocenters. The Morgan fingerprint density at radius 3 is 2.53 bits per heavy atom. The number of carbonyl (C=O) groups excluding carboxylic acids is 1. The summed E-state index contributed by atoms with van der Waals surface area (Å²) in [6, 6.07) is 0.318. The molecule has 3 N–H and O–H groups in total. The molecule has 2 fully saturated rings. The van der Waals surface area contributed by atoms with Crippen LogP contribution in [0.1, 0.15) is 51.4 Å². The first kappa shape index (κ1) is 15.1. The highest BCUT2D eigenvalue weighted by atomic mass is 32.2. The van der Waals surface area contributed by atoms with Gasteiger partial charge in [0.2, 0.25) is 5.91 Å². The van der Waals surface area contributed by atoms with Gasteiger partial charge in [0.15, 0.2) is 0 Å². The average molecular weight is 300 g/mol. The number of nitrogens with two attached hydrogens (primary N) is 1. The second-order valence-corrected chi connectivity index (χ2v) is 7.43. The molecule has 3 nitrogen and oxygen atoms in total. The predicted molar refractivity (Wildman–Crippen MR) is 85.4 cm³/mol. The van der Waals surface area contributed by atoms with E-state index in [9.17, 15) is 4.79 Å². The number of thiocarbonyl (C=S) groups is 1. The number of rotatable bonds is 4. The molecular weight excluding hydrogens is 276 g/mol. The molecule has 2 unspecified atom stereocenters. The summed E-state index contributed by atoms with van der Waals surface area (Å²) in [5.41, 5.74) is 5.33. The summed E-state index contributed by atoms with van der Waals surface area (Å²) >= 11 is 7.11. The highest BCUT2D eigenvalue weighted by molar-refractivity contribution is 7.99. The Morgan fingerprint density at radius 1 is 1.32 bits per heavy atom. The molecule has 0 aromatic carbocycles. The predicted octanol–water partition coefficient (Wildman–Crippen LogP) is 2.62. The van der Waals surface area contributed by atoms with E-state index >= 15 is 0 Å². The van der Waals surface area contributed by atoms with Gasteiger partial charge >= 0.3 is 0 Å². The Bertz CT molecular complexity index is 353. The maximum atomic E-state index is 12.6. The molecule has 0 aliphatic heterocycles. The van der Waals surface area contributed by atoms with E-state index in [1.165, 1.54) is 12.8 Å². The highest BCUT2D eigenvalue weighted by Gasteiger charge is 2.43. The van der Waals surface area contributed by atoms with Crippen molar-refractivity contribution in [1.82, 2.24) is 5.32 Å². The van der Waals surface area contributed by atoms with Gasteiger partial charge in [-0.1, -0.05) is 31.5 Å². The van der Waals surface area contributed by atoms with E-state index in [-0.39, 0.29) is 5.91 Å². The van der Waals surface area contributed by atoms with Crippen LogP contribution in [0.25, 0.3) is 0 Å². The standard InChI is InChI=1S/C14H24N2OS2/c1-19-11-6-5-10(9-11)16-13(17)14(12(15)18)7-3-2-4-8-14/h10-11H,2-9H2,1H3,(H2,15,18)(H,16,17). The monoisotopic (exact) mass is 300 g/mol. The molecule has 0 bridgehead atoms. The minimum atomic E-state index is -0.564. The molecule has 2 aliphatic rings. The third-order valence-electron chi connectivity index (χ3n) is 4.67. The van der Waals surface area contributed by atoms with Gasteiger partial charge in [0, 0.05) is 11.3 Å². The van der Waals surface area contributed by atoms with Gasteiger partial charge in [-0.2, -0.15) is 11.8 Å². The van der Waals surface area contributed by atoms with Crippen LogP contribution in [0.15, 0.2) is 0 Å². The van der Waals surface area contributed by atoms with Crippen molar-refractivity contribution in [2.45, 2.75) is 62.7 Å². The molecule has 2 rings (SSSR count). The quantitative estimate of drug-likeness (QED) is 0.784. The largest absolute Gasteiger partial charge is 0.392 e. The smallest absolute Gasteiger partial charge is 0.233 e. The molecule has 2 aliphatic carbocycles. The first-order chi connectivity index (χ1) is 9.08. The van der Waals surface area contributed by atoms with Gasteiger partial charge in [-0.25, -0.2) is 0 Å². The number of carbonyl (C=O) groups is 1. The van der Waals surface area contributed by atoms with Gasteiger partial charge in [-0.05, 0) is 38.4 Å². The topological polar surface area (TPSA) is 55.1 Å². The zero-order chi connectivity index (χ0) is 13.9. The zero-order valence-electron chi connectivity index (χ0n) is 11.6. The fourth-order valence-electron chi connectivity index (χ4n) is 3.35. The van der Waals surface area contributed by atoms with Crippen molar-refractivity contribution < 1.29 is 4.79 Å². The Kier molecular flexibility index (Phi) is 5.12. The van der Waals surface area contributed by atoms with E-state index in [4.69, 9.17) is 18.0 Å². The number of thioether (sulfide) groups is 1. The number of nitrogens with one attached hydrogen (secondary N) is 1. The van der Waals surface area contributed by atoms with Crippen LogP contribution in [0.5, 0.6) is 0 Å². The molecule has 1 amide bonds. The second kappa shape index (κ2) is 6.44. The summed E-state index contributed by atoms with van der Waals surface area (Å²) in [5.74, 6) is 0.0893. The minimum Gasteiger partial charge on any atom is -0.392 e. The van der Waals surface area contributed by atoms with Crippen molar-refractivity contribution in [2.75, 3.05) is 6.26 Å². The zero-order valence-corrected chi connectivity index (χ0v) is 13.2. The second-order valence-electron chi connectivity index (χ2n) is 5.85. The van der Waals surface area contributed by atoms with E-state index < -0.39 is 5.41 Å². The first-order valence-electron chi connectivity index (χ1n) is 7.22. The molecule has 0 spiro atoms. The normalized spacial score (nSPS) is 29.9. The van der Waals surface area contributed by atoms with Crippen molar-refractivity contribution in [2.24, 2.45) is 11.1 Å².